The predicted molar refractivity (Wildman–Crippen MR) is 117 cm³/mol. The smallest absolute Gasteiger partial charge is 0.256 e. The molecule has 156 valence electrons. The number of nitrogens with one attached hydrogen (secondary N) is 2. The normalized spacial score (nSPS) is 20.9. The van der Waals surface area contributed by atoms with Gasteiger partial charge in [-0.15, -0.1) is 11.3 Å². The zero-order chi connectivity index (χ0) is 20.8. The van der Waals surface area contributed by atoms with Gasteiger partial charge in [0.2, 0.25) is 0 Å². The zero-order valence-electron chi connectivity index (χ0n) is 17.8. The van der Waals surface area contributed by atoms with E-state index in [4.69, 9.17) is 9.47 Å². The Kier molecular flexibility index (Phi) is 5.23. The number of benzene rings is 1. The number of carbonyl (C=O) groups is 1. The van der Waals surface area contributed by atoms with E-state index < -0.39 is 0 Å². The number of carbonyl (C=O) groups excluding carboxylic acids is 1. The van der Waals surface area contributed by atoms with E-state index in [1.165, 1.54) is 16.9 Å². The van der Waals surface area contributed by atoms with Crippen LogP contribution in [0.3, 0.4) is 0 Å². The van der Waals surface area contributed by atoms with Gasteiger partial charge in [-0.25, -0.2) is 0 Å². The molecule has 0 fully saturated rings. The molecule has 6 heteroatoms. The van der Waals surface area contributed by atoms with Gasteiger partial charge >= 0.3 is 0 Å². The van der Waals surface area contributed by atoms with Crippen LogP contribution in [0.1, 0.15) is 66.1 Å². The summed E-state index contributed by atoms with van der Waals surface area (Å²) in [6, 6.07) is 5.64. The highest BCUT2D eigenvalue weighted by Crippen LogP contribution is 2.47. The Morgan fingerprint density at radius 1 is 1.21 bits per heavy atom. The van der Waals surface area contributed by atoms with Crippen LogP contribution >= 0.6 is 11.3 Å². The lowest BCUT2D eigenvalue weighted by Gasteiger charge is -2.36. The van der Waals surface area contributed by atoms with E-state index in [0.29, 0.717) is 11.3 Å². The maximum absolute atomic E-state index is 13.1. The first-order valence-electron chi connectivity index (χ1n) is 10.3. The molecule has 29 heavy (non-hydrogen) atoms. The lowest BCUT2D eigenvalue weighted by atomic mass is 9.69. The molecule has 2 aromatic rings. The third kappa shape index (κ3) is 3.48. The molecule has 0 saturated carbocycles. The van der Waals surface area contributed by atoms with Crippen LogP contribution in [0.15, 0.2) is 18.2 Å². The van der Waals surface area contributed by atoms with E-state index in [9.17, 15) is 4.79 Å². The quantitative estimate of drug-likeness (QED) is 0.709. The predicted octanol–water partition coefficient (Wildman–Crippen LogP) is 5.16. The van der Waals surface area contributed by atoms with Gasteiger partial charge in [0.1, 0.15) is 22.7 Å². The summed E-state index contributed by atoms with van der Waals surface area (Å²) in [5.74, 6) is 2.12. The average Bonchev–Trinajstić information content (AvgIpc) is 3.11. The van der Waals surface area contributed by atoms with Gasteiger partial charge in [-0.3, -0.25) is 4.79 Å². The van der Waals surface area contributed by atoms with Crippen molar-refractivity contribution in [3.63, 3.8) is 0 Å². The standard InChI is InChI=1S/C23H30N2O3S/c1-6-23(2,3)13-7-9-15-18(11-13)29-22-19(15)21(26)24-20(25-22)16-12-14(27-4)8-10-17(16)28-5/h8,10,12-13,20,25H,6-7,9,11H2,1-5H3,(H,24,26). The van der Waals surface area contributed by atoms with Crippen molar-refractivity contribution < 1.29 is 14.3 Å². The minimum atomic E-state index is -0.344. The summed E-state index contributed by atoms with van der Waals surface area (Å²) in [5.41, 5.74) is 3.28. The molecule has 0 saturated heterocycles. The Bertz CT molecular complexity index is 934. The van der Waals surface area contributed by atoms with Gasteiger partial charge in [0.15, 0.2) is 0 Å². The molecular formula is C23H30N2O3S. The van der Waals surface area contributed by atoms with Crippen molar-refractivity contribution in [2.24, 2.45) is 11.3 Å². The molecule has 1 aromatic carbocycles. The van der Waals surface area contributed by atoms with Crippen molar-refractivity contribution in [2.75, 3.05) is 19.5 Å². The molecule has 2 atom stereocenters. The van der Waals surface area contributed by atoms with Gasteiger partial charge < -0.3 is 20.1 Å². The third-order valence-electron chi connectivity index (χ3n) is 6.81. The summed E-state index contributed by atoms with van der Waals surface area (Å²) >= 11 is 1.75. The number of amides is 1. The van der Waals surface area contributed by atoms with Gasteiger partial charge in [-0.2, -0.15) is 0 Å². The Hall–Kier alpha value is -2.21. The monoisotopic (exact) mass is 414 g/mol. The molecule has 1 aromatic heterocycles. The fourth-order valence-corrected chi connectivity index (χ4v) is 5.83. The number of rotatable bonds is 5. The van der Waals surface area contributed by atoms with E-state index in [1.54, 1.807) is 25.6 Å². The second-order valence-corrected chi connectivity index (χ2v) is 9.75. The minimum absolute atomic E-state index is 0.000625. The van der Waals surface area contributed by atoms with Gasteiger partial charge in [0.25, 0.3) is 5.91 Å². The topological polar surface area (TPSA) is 59.6 Å². The lowest BCUT2D eigenvalue weighted by molar-refractivity contribution is 0.0934. The largest absolute Gasteiger partial charge is 0.497 e. The second-order valence-electron chi connectivity index (χ2n) is 8.65. The van der Waals surface area contributed by atoms with Crippen molar-refractivity contribution >= 4 is 22.2 Å². The van der Waals surface area contributed by atoms with Crippen LogP contribution in [0.25, 0.3) is 0 Å². The Morgan fingerprint density at radius 3 is 2.69 bits per heavy atom. The maximum atomic E-state index is 13.1. The maximum Gasteiger partial charge on any atom is 0.256 e. The number of anilines is 1. The minimum Gasteiger partial charge on any atom is -0.497 e. The highest BCUT2D eigenvalue weighted by atomic mass is 32.1. The van der Waals surface area contributed by atoms with Crippen LogP contribution < -0.4 is 20.1 Å². The SMILES string of the molecule is CCC(C)(C)C1CCc2c(sc3c2C(=O)NC(c2cc(OC)ccc2OC)N3)C1. The molecule has 2 unspecified atom stereocenters. The van der Waals surface area contributed by atoms with E-state index in [-0.39, 0.29) is 12.1 Å². The summed E-state index contributed by atoms with van der Waals surface area (Å²) in [4.78, 5) is 14.4. The van der Waals surface area contributed by atoms with Crippen LogP contribution in [0.2, 0.25) is 0 Å². The Labute approximate surface area is 176 Å². The van der Waals surface area contributed by atoms with E-state index in [1.807, 2.05) is 18.2 Å². The second kappa shape index (κ2) is 7.56. The molecule has 1 amide bonds. The molecule has 1 aliphatic heterocycles. The summed E-state index contributed by atoms with van der Waals surface area (Å²) < 4.78 is 10.9. The summed E-state index contributed by atoms with van der Waals surface area (Å²) in [6.07, 6.45) is 4.03. The van der Waals surface area contributed by atoms with E-state index in [0.717, 1.165) is 46.9 Å². The number of hydrogen-bond acceptors (Lipinski definition) is 5. The molecule has 2 N–H and O–H groups in total. The Morgan fingerprint density at radius 2 is 2.00 bits per heavy atom. The van der Waals surface area contributed by atoms with Crippen LogP contribution in [-0.2, 0) is 12.8 Å². The van der Waals surface area contributed by atoms with Crippen molar-refractivity contribution in [1.29, 1.82) is 0 Å². The molecular weight excluding hydrogens is 384 g/mol. The zero-order valence-corrected chi connectivity index (χ0v) is 18.7. The molecule has 0 bridgehead atoms. The van der Waals surface area contributed by atoms with Crippen LogP contribution in [0, 0.1) is 11.3 Å². The van der Waals surface area contributed by atoms with Crippen molar-refractivity contribution in [3.8, 4) is 11.5 Å². The summed E-state index contributed by atoms with van der Waals surface area (Å²) in [6.45, 7) is 7.01. The van der Waals surface area contributed by atoms with Crippen molar-refractivity contribution in [3.05, 3.63) is 39.8 Å². The third-order valence-corrected chi connectivity index (χ3v) is 7.99. The first kappa shape index (κ1) is 20.1. The number of thiophene rings is 1. The summed E-state index contributed by atoms with van der Waals surface area (Å²) in [7, 11) is 3.28. The molecule has 1 aliphatic carbocycles. The summed E-state index contributed by atoms with van der Waals surface area (Å²) in [5, 5.41) is 7.65. The van der Waals surface area contributed by atoms with Crippen molar-refractivity contribution in [2.45, 2.75) is 52.6 Å². The fourth-order valence-electron chi connectivity index (χ4n) is 4.47. The molecule has 0 spiro atoms. The molecule has 4 rings (SSSR count). The molecule has 5 nitrogen and oxygen atoms in total. The highest BCUT2D eigenvalue weighted by Gasteiger charge is 2.37. The Balaban J connectivity index is 1.66. The highest BCUT2D eigenvalue weighted by molar-refractivity contribution is 7.16. The van der Waals surface area contributed by atoms with E-state index >= 15 is 0 Å². The fraction of sp³-hybridized carbons (Fsp3) is 0.522. The van der Waals surface area contributed by atoms with Gasteiger partial charge in [-0.05, 0) is 54.4 Å². The van der Waals surface area contributed by atoms with Gasteiger partial charge in [0.05, 0.1) is 19.8 Å². The van der Waals surface area contributed by atoms with Crippen LogP contribution in [-0.4, -0.2) is 20.1 Å². The van der Waals surface area contributed by atoms with Gasteiger partial charge in [-0.1, -0.05) is 27.2 Å². The first-order valence-corrected chi connectivity index (χ1v) is 11.1. The number of ether oxygens (including phenoxy) is 2. The van der Waals surface area contributed by atoms with E-state index in [2.05, 4.69) is 31.4 Å². The van der Waals surface area contributed by atoms with Gasteiger partial charge in [0, 0.05) is 10.4 Å². The number of methoxy groups -OCH3 is 2. The van der Waals surface area contributed by atoms with Crippen molar-refractivity contribution in [1.82, 2.24) is 5.32 Å². The first-order chi connectivity index (χ1) is 13.9. The van der Waals surface area contributed by atoms with Crippen LogP contribution in [0.4, 0.5) is 5.00 Å². The molecule has 2 heterocycles. The number of hydrogen-bond donors (Lipinski definition) is 2. The molecule has 2 aliphatic rings. The lowest BCUT2D eigenvalue weighted by Crippen LogP contribution is -2.38. The molecule has 0 radical (unpaired) electrons. The average molecular weight is 415 g/mol. The van der Waals surface area contributed by atoms with Crippen LogP contribution in [0.5, 0.6) is 11.5 Å². The number of fused-ring (bicyclic) bond motifs is 3.